The molecule has 0 radical (unpaired) electrons. The van der Waals surface area contributed by atoms with Crippen molar-refractivity contribution in [1.82, 2.24) is 9.88 Å². The molecular formula is C22H21F3N2O. The predicted molar refractivity (Wildman–Crippen MR) is 103 cm³/mol. The zero-order valence-corrected chi connectivity index (χ0v) is 15.6. The summed E-state index contributed by atoms with van der Waals surface area (Å²) in [6.45, 7) is 2.72. The number of benzene rings is 2. The van der Waals surface area contributed by atoms with E-state index in [0.29, 0.717) is 5.56 Å². The summed E-state index contributed by atoms with van der Waals surface area (Å²) in [6.07, 6.45) is -1.55. The number of methoxy groups -OCH3 is 1. The summed E-state index contributed by atoms with van der Waals surface area (Å²) in [4.78, 5) is 0. The first kappa shape index (κ1) is 17.6. The maximum atomic E-state index is 13.8. The molecule has 0 saturated carbocycles. The highest BCUT2D eigenvalue weighted by Gasteiger charge is 2.35. The molecule has 0 bridgehead atoms. The van der Waals surface area contributed by atoms with Crippen LogP contribution in [0.25, 0.3) is 22.0 Å². The topological polar surface area (TPSA) is 26.2 Å². The number of ether oxygens (including phenoxy) is 1. The van der Waals surface area contributed by atoms with Gasteiger partial charge in [-0.2, -0.15) is 13.2 Å². The molecule has 1 aromatic heterocycles. The number of aromatic nitrogens is 1. The van der Waals surface area contributed by atoms with Gasteiger partial charge in [0.15, 0.2) is 0 Å². The number of nitrogens with zero attached hydrogens (tertiary/aromatic N) is 1. The molecule has 2 aromatic carbocycles. The van der Waals surface area contributed by atoms with Crippen LogP contribution in [-0.2, 0) is 32.1 Å². The van der Waals surface area contributed by atoms with Gasteiger partial charge >= 0.3 is 6.18 Å². The van der Waals surface area contributed by atoms with E-state index in [4.69, 9.17) is 4.74 Å². The van der Waals surface area contributed by atoms with Crippen LogP contribution in [0.2, 0.25) is 0 Å². The molecule has 3 nitrogen and oxygen atoms in total. The summed E-state index contributed by atoms with van der Waals surface area (Å²) in [5, 5.41) is 4.51. The highest BCUT2D eigenvalue weighted by atomic mass is 19.4. The van der Waals surface area contributed by atoms with E-state index in [1.807, 2.05) is 12.1 Å². The summed E-state index contributed by atoms with van der Waals surface area (Å²) in [6, 6.07) is 8.12. The van der Waals surface area contributed by atoms with E-state index in [1.54, 1.807) is 6.07 Å². The zero-order chi connectivity index (χ0) is 19.5. The zero-order valence-electron chi connectivity index (χ0n) is 15.6. The summed E-state index contributed by atoms with van der Waals surface area (Å²) in [5.41, 5.74) is 5.14. The fraction of sp³-hybridized carbons (Fsp3) is 0.364. The standard InChI is InChI=1S/C22H21F3N2O/c1-28-15-4-5-16(19(11-15)22(23,24)25)14-9-13-3-2-8-27-20-6-7-26-12-18(20)17(10-14)21(13)27/h4-5,9-11,26H,2-3,6-8,12H2,1H3. The normalized spacial score (nSPS) is 16.3. The van der Waals surface area contributed by atoms with Crippen LogP contribution < -0.4 is 10.1 Å². The monoisotopic (exact) mass is 386 g/mol. The van der Waals surface area contributed by atoms with Gasteiger partial charge in [0.05, 0.1) is 18.2 Å². The van der Waals surface area contributed by atoms with Crippen LogP contribution in [0, 0.1) is 0 Å². The molecule has 6 heteroatoms. The van der Waals surface area contributed by atoms with Gasteiger partial charge in [-0.25, -0.2) is 0 Å². The smallest absolute Gasteiger partial charge is 0.417 e. The molecule has 0 amide bonds. The van der Waals surface area contributed by atoms with Crippen LogP contribution in [0.4, 0.5) is 13.2 Å². The quantitative estimate of drug-likeness (QED) is 0.676. The lowest BCUT2D eigenvalue weighted by molar-refractivity contribution is -0.137. The first-order valence-corrected chi connectivity index (χ1v) is 9.60. The van der Waals surface area contributed by atoms with Crippen LogP contribution in [0.5, 0.6) is 5.75 Å². The second kappa shape index (κ2) is 6.27. The van der Waals surface area contributed by atoms with Gasteiger partial charge in [-0.3, -0.25) is 0 Å². The highest BCUT2D eigenvalue weighted by molar-refractivity contribution is 5.93. The summed E-state index contributed by atoms with van der Waals surface area (Å²) < 4.78 is 48.7. The lowest BCUT2D eigenvalue weighted by atomic mass is 9.92. The Kier molecular flexibility index (Phi) is 3.95. The molecule has 0 spiro atoms. The van der Waals surface area contributed by atoms with Crippen molar-refractivity contribution in [2.24, 2.45) is 0 Å². The fourth-order valence-electron chi connectivity index (χ4n) is 4.76. The van der Waals surface area contributed by atoms with Crippen molar-refractivity contribution in [3.63, 3.8) is 0 Å². The number of fused-ring (bicyclic) bond motifs is 3. The van der Waals surface area contributed by atoms with Crippen molar-refractivity contribution in [1.29, 1.82) is 0 Å². The summed E-state index contributed by atoms with van der Waals surface area (Å²) >= 11 is 0. The van der Waals surface area contributed by atoms with E-state index >= 15 is 0 Å². The van der Waals surface area contributed by atoms with Crippen molar-refractivity contribution in [3.8, 4) is 16.9 Å². The number of aryl methyl sites for hydroxylation is 2. The Labute approximate surface area is 161 Å². The second-order valence-electron chi connectivity index (χ2n) is 7.55. The molecule has 28 heavy (non-hydrogen) atoms. The van der Waals surface area contributed by atoms with Gasteiger partial charge in [-0.1, -0.05) is 6.07 Å². The maximum Gasteiger partial charge on any atom is 0.417 e. The predicted octanol–water partition coefficient (Wildman–Crippen LogP) is 4.93. The molecule has 2 aliphatic heterocycles. The first-order chi connectivity index (χ1) is 13.5. The molecule has 5 rings (SSSR count). The average molecular weight is 386 g/mol. The van der Waals surface area contributed by atoms with Gasteiger partial charge in [0.25, 0.3) is 0 Å². The molecule has 1 N–H and O–H groups in total. The number of rotatable bonds is 2. The second-order valence-corrected chi connectivity index (χ2v) is 7.55. The molecule has 0 saturated heterocycles. The lowest BCUT2D eigenvalue weighted by Crippen LogP contribution is -2.25. The minimum atomic E-state index is -4.44. The molecular weight excluding hydrogens is 365 g/mol. The Bertz CT molecular complexity index is 1080. The number of alkyl halides is 3. The van der Waals surface area contributed by atoms with Gasteiger partial charge in [0.1, 0.15) is 5.75 Å². The van der Waals surface area contributed by atoms with Gasteiger partial charge in [0, 0.05) is 37.1 Å². The largest absolute Gasteiger partial charge is 0.497 e. The van der Waals surface area contributed by atoms with Crippen LogP contribution in [0.15, 0.2) is 30.3 Å². The minimum absolute atomic E-state index is 0.210. The van der Waals surface area contributed by atoms with Crippen LogP contribution in [0.3, 0.4) is 0 Å². The van der Waals surface area contributed by atoms with Crippen molar-refractivity contribution in [3.05, 3.63) is 52.7 Å². The summed E-state index contributed by atoms with van der Waals surface area (Å²) in [5.74, 6) is 0.214. The summed E-state index contributed by atoms with van der Waals surface area (Å²) in [7, 11) is 1.38. The van der Waals surface area contributed by atoms with Gasteiger partial charge in [0.2, 0.25) is 0 Å². The van der Waals surface area contributed by atoms with E-state index in [-0.39, 0.29) is 11.3 Å². The molecule has 3 heterocycles. The molecule has 3 aromatic rings. The Morgan fingerprint density at radius 3 is 2.75 bits per heavy atom. The number of halogens is 3. The van der Waals surface area contributed by atoms with Crippen LogP contribution >= 0.6 is 0 Å². The molecule has 2 aliphatic rings. The Hall–Kier alpha value is -2.47. The maximum absolute atomic E-state index is 13.8. The van der Waals surface area contributed by atoms with Crippen molar-refractivity contribution in [2.75, 3.05) is 13.7 Å². The Morgan fingerprint density at radius 1 is 1.11 bits per heavy atom. The first-order valence-electron chi connectivity index (χ1n) is 9.60. The SMILES string of the molecule is COc1ccc(-c2cc3c4c(c2)c2c(n4CCC3)CCNC2)c(C(F)(F)F)c1. The molecule has 146 valence electrons. The third kappa shape index (κ3) is 2.62. The Balaban J connectivity index is 1.78. The Morgan fingerprint density at radius 2 is 1.96 bits per heavy atom. The lowest BCUT2D eigenvalue weighted by Gasteiger charge is -2.21. The van der Waals surface area contributed by atoms with E-state index in [9.17, 15) is 13.2 Å². The van der Waals surface area contributed by atoms with Gasteiger partial charge < -0.3 is 14.6 Å². The van der Waals surface area contributed by atoms with E-state index in [2.05, 4.69) is 9.88 Å². The van der Waals surface area contributed by atoms with Crippen LogP contribution in [-0.4, -0.2) is 18.2 Å². The van der Waals surface area contributed by atoms with Crippen molar-refractivity contribution < 1.29 is 17.9 Å². The van der Waals surface area contributed by atoms with E-state index < -0.39 is 11.7 Å². The fourth-order valence-corrected chi connectivity index (χ4v) is 4.76. The van der Waals surface area contributed by atoms with Gasteiger partial charge in [-0.15, -0.1) is 0 Å². The molecule has 0 atom stereocenters. The average Bonchev–Trinajstić information content (AvgIpc) is 3.03. The number of hydrogen-bond donors (Lipinski definition) is 1. The third-order valence-corrected chi connectivity index (χ3v) is 5.97. The van der Waals surface area contributed by atoms with Crippen molar-refractivity contribution >= 4 is 10.9 Å². The molecule has 0 fully saturated rings. The molecule has 0 aliphatic carbocycles. The number of nitrogens with one attached hydrogen (secondary N) is 1. The van der Waals surface area contributed by atoms with Gasteiger partial charge in [-0.05, 0) is 59.4 Å². The third-order valence-electron chi connectivity index (χ3n) is 5.97. The highest BCUT2D eigenvalue weighted by Crippen LogP contribution is 2.42. The minimum Gasteiger partial charge on any atom is -0.497 e. The molecule has 0 unspecified atom stereocenters. The van der Waals surface area contributed by atoms with E-state index in [1.165, 1.54) is 30.0 Å². The van der Waals surface area contributed by atoms with Crippen LogP contribution in [0.1, 0.15) is 28.8 Å². The van der Waals surface area contributed by atoms with E-state index in [0.717, 1.165) is 55.9 Å². The van der Waals surface area contributed by atoms with Crippen molar-refractivity contribution in [2.45, 2.75) is 38.5 Å². The number of hydrogen-bond acceptors (Lipinski definition) is 2.